The van der Waals surface area contributed by atoms with Crippen molar-refractivity contribution in [3.05, 3.63) is 47.1 Å². The summed E-state index contributed by atoms with van der Waals surface area (Å²) in [5.41, 5.74) is 1.23. The third-order valence-electron chi connectivity index (χ3n) is 4.57. The van der Waals surface area contributed by atoms with Crippen LogP contribution >= 0.6 is 0 Å². The van der Waals surface area contributed by atoms with Gasteiger partial charge in [-0.25, -0.2) is 9.50 Å². The number of nitrogens with zero attached hydrogens (tertiary/aromatic N) is 4. The highest BCUT2D eigenvalue weighted by Crippen LogP contribution is 2.40. The maximum absolute atomic E-state index is 13.2. The van der Waals surface area contributed by atoms with E-state index in [4.69, 9.17) is 11.0 Å². The van der Waals surface area contributed by atoms with Crippen LogP contribution in [0.15, 0.2) is 28.8 Å². The molecule has 1 saturated carbocycles. The largest absolute Gasteiger partial charge is 0.478 e. The van der Waals surface area contributed by atoms with Crippen LogP contribution in [-0.4, -0.2) is 32.7 Å². The number of rotatable bonds is 4. The van der Waals surface area contributed by atoms with E-state index in [1.165, 1.54) is 16.8 Å². The Kier molecular flexibility index (Phi) is 4.10. The first-order valence-corrected chi connectivity index (χ1v) is 8.48. The highest BCUT2D eigenvalue weighted by atomic mass is 19.4. The summed E-state index contributed by atoms with van der Waals surface area (Å²) in [7, 11) is 0. The van der Waals surface area contributed by atoms with Crippen molar-refractivity contribution in [2.45, 2.75) is 32.0 Å². The van der Waals surface area contributed by atoms with Crippen LogP contribution in [0.4, 0.5) is 19.1 Å². The molecule has 0 spiro atoms. The van der Waals surface area contributed by atoms with Gasteiger partial charge in [0.2, 0.25) is 0 Å². The Hall–Kier alpha value is -3.35. The molecule has 3 aromatic rings. The molecule has 4 rings (SSSR count). The summed E-state index contributed by atoms with van der Waals surface area (Å²) in [5.74, 6) is -1.10. The fourth-order valence-corrected chi connectivity index (χ4v) is 3.03. The van der Waals surface area contributed by atoms with Crippen molar-refractivity contribution in [2.24, 2.45) is 5.92 Å². The summed E-state index contributed by atoms with van der Waals surface area (Å²) < 4.78 is 46.2. The van der Waals surface area contributed by atoms with Crippen LogP contribution in [0, 0.1) is 19.4 Å². The predicted molar refractivity (Wildman–Crippen MR) is 91.7 cm³/mol. The quantitative estimate of drug-likeness (QED) is 0.686. The topological polar surface area (TPSA) is 76.8 Å². The monoisotopic (exact) mass is 389 g/mol. The highest BCUT2D eigenvalue weighted by molar-refractivity contribution is 5.93. The van der Waals surface area contributed by atoms with Crippen molar-refractivity contribution >= 4 is 17.4 Å². The molecule has 1 amide bonds. The number of carbonyl (C=O) groups is 1. The molecule has 144 valence electrons. The van der Waals surface area contributed by atoms with Crippen LogP contribution in [0.1, 0.15) is 28.9 Å². The second-order valence-corrected chi connectivity index (χ2v) is 6.67. The van der Waals surface area contributed by atoms with Gasteiger partial charge in [0.25, 0.3) is 5.91 Å². The molecule has 3 aromatic heterocycles. The number of alkyl halides is 3. The number of nitrogens with one attached hydrogen (secondary N) is 1. The lowest BCUT2D eigenvalue weighted by atomic mass is 10.1. The Balaban J connectivity index is 1.71. The number of amides is 1. The van der Waals surface area contributed by atoms with Crippen molar-refractivity contribution in [2.75, 3.05) is 0 Å². The van der Waals surface area contributed by atoms with E-state index in [1.807, 2.05) is 0 Å². The summed E-state index contributed by atoms with van der Waals surface area (Å²) in [5, 5.41) is 6.36. The molecule has 3 heterocycles. The Labute approximate surface area is 157 Å². The van der Waals surface area contributed by atoms with Gasteiger partial charge in [-0.2, -0.15) is 23.1 Å². The zero-order valence-electron chi connectivity index (χ0n) is 14.6. The van der Waals surface area contributed by atoms with Crippen molar-refractivity contribution in [3.63, 3.8) is 0 Å². The van der Waals surface area contributed by atoms with Crippen molar-refractivity contribution in [1.82, 2.24) is 19.9 Å². The van der Waals surface area contributed by atoms with Crippen LogP contribution in [0.5, 0.6) is 0 Å². The average Bonchev–Trinajstić information content (AvgIpc) is 3.18. The molecular formula is C18H14F3N5O2. The number of halogens is 3. The van der Waals surface area contributed by atoms with E-state index in [1.54, 1.807) is 19.1 Å². The van der Waals surface area contributed by atoms with Crippen molar-refractivity contribution in [3.8, 4) is 11.5 Å². The Bertz CT molecular complexity index is 1100. The molecule has 1 aliphatic rings. The first kappa shape index (κ1) is 18.0. The molecule has 0 aromatic carbocycles. The van der Waals surface area contributed by atoms with Crippen LogP contribution < -0.4 is 5.32 Å². The molecule has 28 heavy (non-hydrogen) atoms. The molecular weight excluding hydrogens is 375 g/mol. The summed E-state index contributed by atoms with van der Waals surface area (Å²) >= 11 is 0. The molecule has 0 bridgehead atoms. The van der Waals surface area contributed by atoms with E-state index in [9.17, 15) is 18.0 Å². The van der Waals surface area contributed by atoms with Gasteiger partial charge in [-0.3, -0.25) is 4.79 Å². The minimum Gasteiger partial charge on any atom is -0.478 e. The predicted octanol–water partition coefficient (Wildman–Crippen LogP) is 3.92. The minimum atomic E-state index is -4.52. The SMILES string of the molecule is [C-]#[N+]c1ccc(-c2cc(C)c3ncc(C(=O)N[C@@H](C4CC4)C(F)(F)F)n3n2)o1. The highest BCUT2D eigenvalue weighted by Gasteiger charge is 2.49. The second-order valence-electron chi connectivity index (χ2n) is 6.67. The van der Waals surface area contributed by atoms with Gasteiger partial charge in [-0.1, -0.05) is 0 Å². The lowest BCUT2D eigenvalue weighted by Crippen LogP contribution is -2.47. The Morgan fingerprint density at radius 2 is 2.18 bits per heavy atom. The van der Waals surface area contributed by atoms with E-state index in [2.05, 4.69) is 20.2 Å². The molecule has 7 nitrogen and oxygen atoms in total. The normalized spacial score (nSPS) is 15.4. The third kappa shape index (κ3) is 3.19. The lowest BCUT2D eigenvalue weighted by Gasteiger charge is -2.21. The van der Waals surface area contributed by atoms with Gasteiger partial charge in [-0.05, 0) is 49.4 Å². The summed E-state index contributed by atoms with van der Waals surface area (Å²) in [4.78, 5) is 19.8. The lowest BCUT2D eigenvalue weighted by molar-refractivity contribution is -0.158. The van der Waals surface area contributed by atoms with Gasteiger partial charge < -0.3 is 9.73 Å². The second kappa shape index (κ2) is 6.37. The first-order chi connectivity index (χ1) is 13.3. The van der Waals surface area contributed by atoms with Crippen molar-refractivity contribution in [1.29, 1.82) is 0 Å². The van der Waals surface area contributed by atoms with Gasteiger partial charge in [0, 0.05) is 0 Å². The van der Waals surface area contributed by atoms with Crippen molar-refractivity contribution < 1.29 is 22.4 Å². The number of aryl methyl sites for hydroxylation is 1. The number of furan rings is 1. The number of fused-ring (bicyclic) bond motifs is 1. The number of imidazole rings is 1. The molecule has 0 aliphatic heterocycles. The standard InChI is InChI=1S/C18H14F3N5O2/c1-9-7-11(13-5-6-14(22-2)28-13)25-26-12(8-23-16(9)26)17(27)24-15(10-3-4-10)18(19,20)21/h5-8,10,15H,3-4H2,1H3,(H,24,27)/t15-/m0/s1. The zero-order valence-corrected chi connectivity index (χ0v) is 14.6. The number of hydrogen-bond donors (Lipinski definition) is 1. The maximum atomic E-state index is 13.2. The molecule has 0 saturated heterocycles. The smallest absolute Gasteiger partial charge is 0.408 e. The third-order valence-corrected chi connectivity index (χ3v) is 4.57. The molecule has 1 fully saturated rings. The first-order valence-electron chi connectivity index (χ1n) is 8.48. The van der Waals surface area contributed by atoms with Crippen LogP contribution in [-0.2, 0) is 0 Å². The molecule has 0 unspecified atom stereocenters. The van der Waals surface area contributed by atoms with E-state index in [0.29, 0.717) is 35.5 Å². The van der Waals surface area contributed by atoms with Gasteiger partial charge in [0.1, 0.15) is 17.5 Å². The fourth-order valence-electron chi connectivity index (χ4n) is 3.03. The summed E-state index contributed by atoms with van der Waals surface area (Å²) in [6.45, 7) is 8.70. The van der Waals surface area contributed by atoms with Gasteiger partial charge in [0.05, 0.1) is 12.8 Å². The number of hydrogen-bond acceptors (Lipinski definition) is 4. The summed E-state index contributed by atoms with van der Waals surface area (Å²) in [6, 6.07) is 2.82. The molecule has 1 aliphatic carbocycles. The van der Waals surface area contributed by atoms with Gasteiger partial charge >= 0.3 is 12.1 Å². The van der Waals surface area contributed by atoms with E-state index < -0.39 is 24.0 Å². The fraction of sp³-hybridized carbons (Fsp3) is 0.333. The van der Waals surface area contributed by atoms with E-state index >= 15 is 0 Å². The van der Waals surface area contributed by atoms with Gasteiger partial charge in [0.15, 0.2) is 11.3 Å². The Morgan fingerprint density at radius 1 is 1.43 bits per heavy atom. The zero-order chi connectivity index (χ0) is 20.1. The van der Waals surface area contributed by atoms with E-state index in [-0.39, 0.29) is 11.6 Å². The maximum Gasteiger partial charge on any atom is 0.408 e. The minimum absolute atomic E-state index is 0.0793. The number of aromatic nitrogens is 3. The Morgan fingerprint density at radius 3 is 2.79 bits per heavy atom. The van der Waals surface area contributed by atoms with Crippen LogP contribution in [0.25, 0.3) is 21.9 Å². The van der Waals surface area contributed by atoms with Crippen LogP contribution in [0.3, 0.4) is 0 Å². The molecule has 10 heteroatoms. The molecule has 0 radical (unpaired) electrons. The van der Waals surface area contributed by atoms with E-state index in [0.717, 1.165) is 0 Å². The molecule has 1 atom stereocenters. The number of carbonyl (C=O) groups excluding carboxylic acids is 1. The van der Waals surface area contributed by atoms with Crippen LogP contribution in [0.2, 0.25) is 0 Å². The van der Waals surface area contributed by atoms with Gasteiger partial charge in [-0.15, -0.1) is 0 Å². The average molecular weight is 389 g/mol. The summed E-state index contributed by atoms with van der Waals surface area (Å²) in [6.07, 6.45) is -2.46. The molecule has 1 N–H and O–H groups in total.